The zero-order chi connectivity index (χ0) is 13.8. The van der Waals surface area contributed by atoms with Gasteiger partial charge >= 0.3 is 0 Å². The van der Waals surface area contributed by atoms with Crippen molar-refractivity contribution in [3.05, 3.63) is 52.1 Å². The molecule has 0 radical (unpaired) electrons. The van der Waals surface area contributed by atoms with Gasteiger partial charge in [-0.1, -0.05) is 28.1 Å². The number of halogens is 1. The minimum absolute atomic E-state index is 0.794. The van der Waals surface area contributed by atoms with Gasteiger partial charge in [0.05, 0.1) is 11.9 Å². The SMILES string of the molecule is Cc1ccc(CNc2ccc(N(C)C)nc2)cc1Br. The molecule has 0 spiro atoms. The highest BCUT2D eigenvalue weighted by Gasteiger charge is 2.00. The third-order valence-electron chi connectivity index (χ3n) is 2.94. The molecule has 0 saturated carbocycles. The van der Waals surface area contributed by atoms with Crippen molar-refractivity contribution in [2.45, 2.75) is 13.5 Å². The Labute approximate surface area is 122 Å². The van der Waals surface area contributed by atoms with Crippen molar-refractivity contribution in [1.29, 1.82) is 0 Å². The number of aromatic nitrogens is 1. The lowest BCUT2D eigenvalue weighted by Gasteiger charge is -2.12. The Bertz CT molecular complexity index is 550. The van der Waals surface area contributed by atoms with E-state index in [1.54, 1.807) is 0 Å². The van der Waals surface area contributed by atoms with Gasteiger partial charge in [0.1, 0.15) is 5.82 Å². The first kappa shape index (κ1) is 13.9. The molecule has 1 heterocycles. The molecular formula is C15H18BrN3. The predicted octanol–water partition coefficient (Wildman–Crippen LogP) is 3.83. The van der Waals surface area contributed by atoms with Crippen molar-refractivity contribution in [2.24, 2.45) is 0 Å². The number of hydrogen-bond acceptors (Lipinski definition) is 3. The van der Waals surface area contributed by atoms with Crippen LogP contribution in [0.5, 0.6) is 0 Å². The lowest BCUT2D eigenvalue weighted by atomic mass is 10.1. The van der Waals surface area contributed by atoms with Crippen molar-refractivity contribution in [3.8, 4) is 0 Å². The summed E-state index contributed by atoms with van der Waals surface area (Å²) < 4.78 is 1.15. The third-order valence-corrected chi connectivity index (χ3v) is 3.79. The largest absolute Gasteiger partial charge is 0.380 e. The number of aryl methyl sites for hydroxylation is 1. The van der Waals surface area contributed by atoms with Crippen molar-refractivity contribution in [3.63, 3.8) is 0 Å². The van der Waals surface area contributed by atoms with Crippen LogP contribution >= 0.6 is 15.9 Å². The molecule has 0 unspecified atom stereocenters. The smallest absolute Gasteiger partial charge is 0.128 e. The first-order valence-electron chi connectivity index (χ1n) is 6.18. The normalized spacial score (nSPS) is 10.3. The molecule has 0 amide bonds. The molecule has 2 rings (SSSR count). The van der Waals surface area contributed by atoms with Gasteiger partial charge in [-0.3, -0.25) is 0 Å². The second-order valence-corrected chi connectivity index (χ2v) is 5.59. The molecule has 0 aliphatic heterocycles. The van der Waals surface area contributed by atoms with Gasteiger partial charge in [-0.15, -0.1) is 0 Å². The van der Waals surface area contributed by atoms with Crippen LogP contribution in [0.2, 0.25) is 0 Å². The van der Waals surface area contributed by atoms with Crippen molar-refractivity contribution in [2.75, 3.05) is 24.3 Å². The van der Waals surface area contributed by atoms with E-state index in [1.807, 2.05) is 37.3 Å². The zero-order valence-electron chi connectivity index (χ0n) is 11.4. The fraction of sp³-hybridized carbons (Fsp3) is 0.267. The molecule has 0 aliphatic rings. The summed E-state index contributed by atoms with van der Waals surface area (Å²) >= 11 is 3.55. The molecule has 1 aromatic heterocycles. The molecule has 1 N–H and O–H groups in total. The van der Waals surface area contributed by atoms with E-state index in [4.69, 9.17) is 0 Å². The summed E-state index contributed by atoms with van der Waals surface area (Å²) in [5.74, 6) is 0.962. The molecule has 19 heavy (non-hydrogen) atoms. The Morgan fingerprint density at radius 3 is 2.58 bits per heavy atom. The molecule has 2 aromatic rings. The molecule has 0 fully saturated rings. The molecule has 0 atom stereocenters. The summed E-state index contributed by atoms with van der Waals surface area (Å²) in [5, 5.41) is 3.37. The second kappa shape index (κ2) is 6.06. The average molecular weight is 320 g/mol. The van der Waals surface area contributed by atoms with E-state index in [0.717, 1.165) is 22.5 Å². The average Bonchev–Trinajstić information content (AvgIpc) is 2.40. The third kappa shape index (κ3) is 3.70. The number of hydrogen-bond donors (Lipinski definition) is 1. The van der Waals surface area contributed by atoms with E-state index in [-0.39, 0.29) is 0 Å². The van der Waals surface area contributed by atoms with E-state index in [2.05, 4.69) is 51.4 Å². The maximum Gasteiger partial charge on any atom is 0.128 e. The van der Waals surface area contributed by atoms with Gasteiger partial charge in [-0.25, -0.2) is 4.98 Å². The Morgan fingerprint density at radius 2 is 2.00 bits per heavy atom. The summed E-state index contributed by atoms with van der Waals surface area (Å²) in [6, 6.07) is 10.5. The van der Waals surface area contributed by atoms with Crippen LogP contribution < -0.4 is 10.2 Å². The Morgan fingerprint density at radius 1 is 1.21 bits per heavy atom. The van der Waals surface area contributed by atoms with Crippen molar-refractivity contribution < 1.29 is 0 Å². The van der Waals surface area contributed by atoms with Crippen LogP contribution in [-0.2, 0) is 6.54 Å². The number of pyridine rings is 1. The van der Waals surface area contributed by atoms with E-state index in [1.165, 1.54) is 11.1 Å². The van der Waals surface area contributed by atoms with Crippen LogP contribution in [0.3, 0.4) is 0 Å². The summed E-state index contributed by atoms with van der Waals surface area (Å²) in [6.07, 6.45) is 1.86. The molecule has 1 aromatic carbocycles. The summed E-state index contributed by atoms with van der Waals surface area (Å²) in [6.45, 7) is 2.88. The minimum atomic E-state index is 0.794. The second-order valence-electron chi connectivity index (χ2n) is 4.74. The van der Waals surface area contributed by atoms with E-state index in [9.17, 15) is 0 Å². The number of nitrogens with zero attached hydrogens (tertiary/aromatic N) is 2. The van der Waals surface area contributed by atoms with Crippen LogP contribution in [0.25, 0.3) is 0 Å². The van der Waals surface area contributed by atoms with E-state index < -0.39 is 0 Å². The maximum atomic E-state index is 4.38. The Balaban J connectivity index is 2.00. The molecule has 0 saturated heterocycles. The standard InChI is InChI=1S/C15H18BrN3/c1-11-4-5-12(8-14(11)16)9-17-13-6-7-15(18-10-13)19(2)3/h4-8,10,17H,9H2,1-3H3. The first-order valence-corrected chi connectivity index (χ1v) is 6.98. The molecular weight excluding hydrogens is 302 g/mol. The van der Waals surface area contributed by atoms with Crippen LogP contribution in [0.4, 0.5) is 11.5 Å². The minimum Gasteiger partial charge on any atom is -0.380 e. The molecule has 3 nitrogen and oxygen atoms in total. The van der Waals surface area contributed by atoms with Gasteiger partial charge in [-0.05, 0) is 36.2 Å². The zero-order valence-corrected chi connectivity index (χ0v) is 13.0. The summed E-state index contributed by atoms with van der Waals surface area (Å²) in [7, 11) is 3.97. The van der Waals surface area contributed by atoms with Gasteiger partial charge < -0.3 is 10.2 Å². The van der Waals surface area contributed by atoms with Gasteiger partial charge in [0, 0.05) is 25.1 Å². The topological polar surface area (TPSA) is 28.2 Å². The van der Waals surface area contributed by atoms with Gasteiger partial charge in [0.2, 0.25) is 0 Å². The highest BCUT2D eigenvalue weighted by Crippen LogP contribution is 2.18. The van der Waals surface area contributed by atoms with Crippen molar-refractivity contribution in [1.82, 2.24) is 4.98 Å². The number of nitrogens with one attached hydrogen (secondary N) is 1. The fourth-order valence-electron chi connectivity index (χ4n) is 1.71. The summed E-state index contributed by atoms with van der Waals surface area (Å²) in [5.41, 5.74) is 3.53. The monoisotopic (exact) mass is 319 g/mol. The van der Waals surface area contributed by atoms with E-state index in [0.29, 0.717) is 0 Å². The molecule has 0 bridgehead atoms. The van der Waals surface area contributed by atoms with Gasteiger partial charge in [-0.2, -0.15) is 0 Å². The quantitative estimate of drug-likeness (QED) is 0.928. The van der Waals surface area contributed by atoms with E-state index >= 15 is 0 Å². The lowest BCUT2D eigenvalue weighted by Crippen LogP contribution is -2.10. The summed E-state index contributed by atoms with van der Waals surface area (Å²) in [4.78, 5) is 6.36. The Kier molecular flexibility index (Phi) is 4.43. The fourth-order valence-corrected chi connectivity index (χ4v) is 2.13. The van der Waals surface area contributed by atoms with Gasteiger partial charge in [0.25, 0.3) is 0 Å². The highest BCUT2D eigenvalue weighted by atomic mass is 79.9. The first-order chi connectivity index (χ1) is 9.06. The highest BCUT2D eigenvalue weighted by molar-refractivity contribution is 9.10. The van der Waals surface area contributed by atoms with Crippen LogP contribution in [0, 0.1) is 6.92 Å². The molecule has 100 valence electrons. The molecule has 0 aliphatic carbocycles. The number of benzene rings is 1. The predicted molar refractivity (Wildman–Crippen MR) is 84.8 cm³/mol. The van der Waals surface area contributed by atoms with Crippen LogP contribution in [-0.4, -0.2) is 19.1 Å². The number of rotatable bonds is 4. The molecule has 4 heteroatoms. The number of anilines is 2. The van der Waals surface area contributed by atoms with Crippen LogP contribution in [0.1, 0.15) is 11.1 Å². The lowest BCUT2D eigenvalue weighted by molar-refractivity contribution is 1.06. The van der Waals surface area contributed by atoms with Crippen molar-refractivity contribution >= 4 is 27.4 Å². The maximum absolute atomic E-state index is 4.38. The van der Waals surface area contributed by atoms with Gasteiger partial charge in [0.15, 0.2) is 0 Å². The Hall–Kier alpha value is -1.55. The van der Waals surface area contributed by atoms with Crippen LogP contribution in [0.15, 0.2) is 41.0 Å².